The molecule has 0 spiro atoms. The zero-order valence-electron chi connectivity index (χ0n) is 12.9. The van der Waals surface area contributed by atoms with Gasteiger partial charge in [0.05, 0.1) is 16.6 Å². The molecule has 8 heteroatoms. The molecule has 0 atom stereocenters. The van der Waals surface area contributed by atoms with Gasteiger partial charge in [-0.05, 0) is 32.8 Å². The van der Waals surface area contributed by atoms with Gasteiger partial charge >= 0.3 is 6.18 Å². The van der Waals surface area contributed by atoms with Gasteiger partial charge in [0.2, 0.25) is 5.91 Å². The highest BCUT2D eigenvalue weighted by atomic mass is 19.4. The minimum Gasteiger partial charge on any atom is -0.355 e. The fourth-order valence-electron chi connectivity index (χ4n) is 2.68. The molecule has 1 amide bonds. The lowest BCUT2D eigenvalue weighted by molar-refractivity contribution is -0.136. The number of alkyl halides is 3. The van der Waals surface area contributed by atoms with Crippen LogP contribution in [0.1, 0.15) is 42.6 Å². The highest BCUT2D eigenvalue weighted by molar-refractivity contribution is 5.85. The largest absolute Gasteiger partial charge is 0.417 e. The average Bonchev–Trinajstić information content (AvgIpc) is 3.25. The average molecular weight is 326 g/mol. The lowest BCUT2D eigenvalue weighted by atomic mass is 10.1. The third-order valence-corrected chi connectivity index (χ3v) is 3.87. The summed E-state index contributed by atoms with van der Waals surface area (Å²) in [5.74, 6) is -0.224. The Balaban J connectivity index is 2.16. The second-order valence-electron chi connectivity index (χ2n) is 5.76. The van der Waals surface area contributed by atoms with E-state index in [0.29, 0.717) is 12.2 Å². The van der Waals surface area contributed by atoms with Crippen molar-refractivity contribution >= 4 is 16.9 Å². The van der Waals surface area contributed by atoms with Gasteiger partial charge in [0.15, 0.2) is 5.65 Å². The minimum absolute atomic E-state index is 0.0220. The van der Waals surface area contributed by atoms with Crippen molar-refractivity contribution in [2.24, 2.45) is 0 Å². The van der Waals surface area contributed by atoms with Crippen LogP contribution in [-0.4, -0.2) is 27.2 Å². The molecule has 1 aliphatic carbocycles. The summed E-state index contributed by atoms with van der Waals surface area (Å²) < 4.78 is 41.5. The van der Waals surface area contributed by atoms with Gasteiger partial charge in [0, 0.05) is 18.2 Å². The first kappa shape index (κ1) is 15.8. The topological polar surface area (TPSA) is 59.8 Å². The molecule has 0 bridgehead atoms. The van der Waals surface area contributed by atoms with Crippen LogP contribution in [0.4, 0.5) is 13.2 Å². The number of carbonyl (C=O) groups excluding carboxylic acids is 1. The molecule has 0 aromatic carbocycles. The van der Waals surface area contributed by atoms with E-state index in [1.807, 2.05) is 0 Å². The van der Waals surface area contributed by atoms with Crippen molar-refractivity contribution in [1.29, 1.82) is 0 Å². The number of nitrogens with one attached hydrogen (secondary N) is 1. The van der Waals surface area contributed by atoms with Crippen LogP contribution >= 0.6 is 0 Å². The van der Waals surface area contributed by atoms with Gasteiger partial charge in [0.1, 0.15) is 6.54 Å². The maximum Gasteiger partial charge on any atom is 0.417 e. The number of aryl methyl sites for hydroxylation is 1. The second kappa shape index (κ2) is 5.50. The first-order valence-corrected chi connectivity index (χ1v) is 7.53. The fourth-order valence-corrected chi connectivity index (χ4v) is 2.68. The zero-order valence-corrected chi connectivity index (χ0v) is 12.9. The van der Waals surface area contributed by atoms with Crippen LogP contribution in [-0.2, 0) is 17.5 Å². The number of halogens is 3. The van der Waals surface area contributed by atoms with Crippen LogP contribution < -0.4 is 5.32 Å². The van der Waals surface area contributed by atoms with Gasteiger partial charge < -0.3 is 5.32 Å². The number of hydrogen-bond donors (Lipinski definition) is 1. The summed E-state index contributed by atoms with van der Waals surface area (Å²) in [6, 6.07) is 1.13. The summed E-state index contributed by atoms with van der Waals surface area (Å²) in [4.78, 5) is 16.1. The molecule has 0 saturated heterocycles. The number of carbonyl (C=O) groups is 1. The van der Waals surface area contributed by atoms with Crippen molar-refractivity contribution in [3.8, 4) is 0 Å². The van der Waals surface area contributed by atoms with Gasteiger partial charge in [-0.2, -0.15) is 18.3 Å². The van der Waals surface area contributed by atoms with E-state index in [1.165, 1.54) is 11.6 Å². The van der Waals surface area contributed by atoms with E-state index in [2.05, 4.69) is 15.4 Å². The fraction of sp³-hybridized carbons (Fsp3) is 0.533. The number of hydrogen-bond acceptors (Lipinski definition) is 3. The Kier molecular flexibility index (Phi) is 3.77. The Bertz CT molecular complexity index is 762. The number of pyridine rings is 1. The third-order valence-electron chi connectivity index (χ3n) is 3.87. The van der Waals surface area contributed by atoms with E-state index in [9.17, 15) is 18.0 Å². The molecule has 124 valence electrons. The quantitative estimate of drug-likeness (QED) is 0.940. The van der Waals surface area contributed by atoms with Crippen LogP contribution in [0.5, 0.6) is 0 Å². The molecule has 1 N–H and O–H groups in total. The van der Waals surface area contributed by atoms with Crippen molar-refractivity contribution in [3.05, 3.63) is 23.0 Å². The summed E-state index contributed by atoms with van der Waals surface area (Å²) in [5.41, 5.74) is 0.0721. The first-order chi connectivity index (χ1) is 10.8. The van der Waals surface area contributed by atoms with Gasteiger partial charge in [0.25, 0.3) is 0 Å². The van der Waals surface area contributed by atoms with Gasteiger partial charge in [-0.15, -0.1) is 0 Å². The van der Waals surface area contributed by atoms with E-state index in [-0.39, 0.29) is 35.1 Å². The normalized spacial score (nSPS) is 15.2. The van der Waals surface area contributed by atoms with Gasteiger partial charge in [-0.1, -0.05) is 0 Å². The highest BCUT2D eigenvalue weighted by Gasteiger charge is 2.37. The third kappa shape index (κ3) is 3.02. The predicted octanol–water partition coefficient (Wildman–Crippen LogP) is 2.77. The Hall–Kier alpha value is -2.12. The molecule has 0 radical (unpaired) electrons. The summed E-state index contributed by atoms with van der Waals surface area (Å²) in [5, 5.41) is 6.69. The van der Waals surface area contributed by atoms with Crippen LogP contribution in [0, 0.1) is 6.92 Å². The molecular weight excluding hydrogens is 309 g/mol. The van der Waals surface area contributed by atoms with E-state index < -0.39 is 11.7 Å². The molecule has 0 aliphatic heterocycles. The van der Waals surface area contributed by atoms with Crippen molar-refractivity contribution in [1.82, 2.24) is 20.1 Å². The van der Waals surface area contributed by atoms with Crippen molar-refractivity contribution in [3.63, 3.8) is 0 Å². The number of aromatic nitrogens is 3. The van der Waals surface area contributed by atoms with E-state index >= 15 is 0 Å². The Morgan fingerprint density at radius 3 is 2.70 bits per heavy atom. The maximum atomic E-state index is 13.4. The molecule has 0 unspecified atom stereocenters. The van der Waals surface area contributed by atoms with Gasteiger partial charge in [-0.3, -0.25) is 4.79 Å². The summed E-state index contributed by atoms with van der Waals surface area (Å²) in [6.45, 7) is 3.59. The molecule has 2 aromatic heterocycles. The monoisotopic (exact) mass is 326 g/mol. The van der Waals surface area contributed by atoms with E-state index in [0.717, 1.165) is 18.9 Å². The molecular formula is C15H17F3N4O. The van der Waals surface area contributed by atoms with Crippen molar-refractivity contribution in [2.45, 2.75) is 45.3 Å². The molecule has 1 saturated carbocycles. The lowest BCUT2D eigenvalue weighted by Gasteiger charge is -2.11. The standard InChI is InChI=1S/C15H17F3N4O/c1-3-19-12(23)7-22-14-13(8(2)21-22)10(15(16,17)18)6-11(20-14)9-4-5-9/h6,9H,3-5,7H2,1-2H3,(H,19,23). The van der Waals surface area contributed by atoms with E-state index in [1.54, 1.807) is 6.92 Å². The van der Waals surface area contributed by atoms with Crippen LogP contribution in [0.2, 0.25) is 0 Å². The van der Waals surface area contributed by atoms with Gasteiger partial charge in [-0.25, -0.2) is 9.67 Å². The number of amides is 1. The molecule has 1 fully saturated rings. The summed E-state index contributed by atoms with van der Waals surface area (Å²) in [6.07, 6.45) is -2.78. The number of rotatable bonds is 4. The number of likely N-dealkylation sites (N-methyl/N-ethyl adjacent to an activating group) is 1. The zero-order chi connectivity index (χ0) is 16.8. The van der Waals surface area contributed by atoms with Crippen molar-refractivity contribution < 1.29 is 18.0 Å². The predicted molar refractivity (Wildman–Crippen MR) is 77.9 cm³/mol. The Morgan fingerprint density at radius 2 is 2.13 bits per heavy atom. The SMILES string of the molecule is CCNC(=O)Cn1nc(C)c2c(C(F)(F)F)cc(C3CC3)nc21. The Labute approximate surface area is 130 Å². The molecule has 2 heterocycles. The number of nitrogens with zero attached hydrogens (tertiary/aromatic N) is 3. The molecule has 23 heavy (non-hydrogen) atoms. The maximum absolute atomic E-state index is 13.4. The summed E-state index contributed by atoms with van der Waals surface area (Å²) in [7, 11) is 0. The van der Waals surface area contributed by atoms with Crippen LogP contribution in [0.15, 0.2) is 6.07 Å². The Morgan fingerprint density at radius 1 is 1.43 bits per heavy atom. The lowest BCUT2D eigenvalue weighted by Crippen LogP contribution is -2.27. The molecule has 5 nitrogen and oxygen atoms in total. The number of fused-ring (bicyclic) bond motifs is 1. The van der Waals surface area contributed by atoms with Crippen LogP contribution in [0.3, 0.4) is 0 Å². The summed E-state index contributed by atoms with van der Waals surface area (Å²) >= 11 is 0. The molecule has 1 aliphatic rings. The molecule has 2 aromatic rings. The highest BCUT2D eigenvalue weighted by Crippen LogP contribution is 2.43. The molecule has 3 rings (SSSR count). The minimum atomic E-state index is -4.48. The van der Waals surface area contributed by atoms with Crippen molar-refractivity contribution in [2.75, 3.05) is 6.54 Å². The van der Waals surface area contributed by atoms with E-state index in [4.69, 9.17) is 0 Å². The van der Waals surface area contributed by atoms with Crippen LogP contribution in [0.25, 0.3) is 11.0 Å². The second-order valence-corrected chi connectivity index (χ2v) is 5.76. The first-order valence-electron chi connectivity index (χ1n) is 7.53. The smallest absolute Gasteiger partial charge is 0.355 e.